The molecule has 0 bridgehead atoms. The van der Waals surface area contributed by atoms with Crippen molar-refractivity contribution in [1.82, 2.24) is 0 Å². The van der Waals surface area contributed by atoms with Crippen LogP contribution in [0.5, 0.6) is 0 Å². The number of hydrogen-bond acceptors (Lipinski definition) is 14. The summed E-state index contributed by atoms with van der Waals surface area (Å²) in [5, 5.41) is 0. The van der Waals surface area contributed by atoms with Crippen molar-refractivity contribution in [3.8, 4) is 0 Å². The van der Waals surface area contributed by atoms with Crippen LogP contribution in [0.2, 0.25) is 0 Å². The van der Waals surface area contributed by atoms with Crippen molar-refractivity contribution in [3.63, 3.8) is 0 Å². The summed E-state index contributed by atoms with van der Waals surface area (Å²) >= 11 is 0. The van der Waals surface area contributed by atoms with Crippen molar-refractivity contribution in [2.45, 2.75) is 243 Å². The Balaban J connectivity index is 0.00000156. The van der Waals surface area contributed by atoms with Crippen LogP contribution in [0.4, 0.5) is 0 Å². The second kappa shape index (κ2) is 50.8. The molecule has 0 saturated heterocycles. The van der Waals surface area contributed by atoms with Gasteiger partial charge in [0.1, 0.15) is 20.2 Å². The summed E-state index contributed by atoms with van der Waals surface area (Å²) in [7, 11) is -9.63. The summed E-state index contributed by atoms with van der Waals surface area (Å²) in [4.78, 5) is 49.5. The Morgan fingerprint density at radius 1 is 0.333 bits per heavy atom. The normalized spacial score (nSPS) is 11.7. The summed E-state index contributed by atoms with van der Waals surface area (Å²) in [6.07, 6.45) is 51.5. The molecule has 2 rings (SSSR count). The summed E-state index contributed by atoms with van der Waals surface area (Å²) in [5.41, 5.74) is -0.854. The van der Waals surface area contributed by atoms with E-state index in [2.05, 4.69) is 52.0 Å². The molecule has 2 aromatic rings. The minimum Gasteiger partial charge on any atom is -0.744 e. The van der Waals surface area contributed by atoms with Crippen LogP contribution < -0.4 is 0 Å². The van der Waals surface area contributed by atoms with Crippen LogP contribution in [0.1, 0.15) is 275 Å². The van der Waals surface area contributed by atoms with Gasteiger partial charge in [0.15, 0.2) is 0 Å². The molecule has 0 aliphatic rings. The fraction of sp³-hybridized carbons (Fsp3) is 0.625. The summed E-state index contributed by atoms with van der Waals surface area (Å²) in [5.74, 6) is -3.30. The molecule has 2 aromatic carbocycles. The molecule has 17 heteroatoms. The number of carbonyl (C=O) groups is 4. The van der Waals surface area contributed by atoms with Crippen molar-refractivity contribution < 1.29 is 64.1 Å². The van der Waals surface area contributed by atoms with E-state index in [1.807, 2.05) is 24.3 Å². The quantitative estimate of drug-likeness (QED) is 0.0150. The third kappa shape index (κ3) is 40.3. The number of unbranched alkanes of at least 4 members (excludes halogenated alkanes) is 24. The zero-order valence-corrected chi connectivity index (χ0v) is 53.6. The van der Waals surface area contributed by atoms with Gasteiger partial charge in [0.2, 0.25) is 0 Å². The first-order valence-electron chi connectivity index (χ1n) is 30.1. The zero-order valence-electron chi connectivity index (χ0n) is 49.8. The molecule has 0 spiro atoms. The van der Waals surface area contributed by atoms with Gasteiger partial charge >= 0.3 is 61.6 Å². The van der Waals surface area contributed by atoms with E-state index in [0.717, 1.165) is 87.8 Å². The SMILES string of the molecule is CCCCCCCC/C=C/CCOC(=O)c1ccc(S(=O)(=O)[O-])cc1C(=O)OCC/C=C/CCCCCCCC.CCCCCCCC/C=C/CCOC(=O)c1ccc(S(=O)(=O)[O-])cc1C(=O)OCC/C=C/CCCCCCCC.[Ca+2]. The first kappa shape index (κ1) is 77.4. The predicted octanol–water partition coefficient (Wildman–Crippen LogP) is 16.2. The molecular weight excluding hydrogens is 1100 g/mol. The second-order valence-electron chi connectivity index (χ2n) is 20.1. The van der Waals surface area contributed by atoms with Crippen LogP contribution in [0.25, 0.3) is 0 Å². The number of hydrogen-bond donors (Lipinski definition) is 0. The first-order chi connectivity index (χ1) is 38.6. The van der Waals surface area contributed by atoms with E-state index >= 15 is 0 Å². The van der Waals surface area contributed by atoms with Crippen LogP contribution in [0.15, 0.2) is 94.8 Å². The van der Waals surface area contributed by atoms with Gasteiger partial charge < -0.3 is 28.1 Å². The van der Waals surface area contributed by atoms with Gasteiger partial charge in [-0.1, -0.05) is 205 Å². The number of allylic oxidation sites excluding steroid dienone is 4. The molecule has 452 valence electrons. The van der Waals surface area contributed by atoms with Gasteiger partial charge in [0.05, 0.1) is 58.5 Å². The van der Waals surface area contributed by atoms with Crippen molar-refractivity contribution >= 4 is 81.9 Å². The van der Waals surface area contributed by atoms with E-state index in [9.17, 15) is 45.1 Å². The zero-order chi connectivity index (χ0) is 59.0. The van der Waals surface area contributed by atoms with Crippen LogP contribution in [-0.4, -0.2) is 114 Å². The first-order valence-corrected chi connectivity index (χ1v) is 32.9. The number of carbonyl (C=O) groups excluding carboxylic acids is 4. The van der Waals surface area contributed by atoms with Gasteiger partial charge in [-0.3, -0.25) is 0 Å². The molecule has 0 amide bonds. The maximum Gasteiger partial charge on any atom is 2.00 e. The van der Waals surface area contributed by atoms with Gasteiger partial charge in [-0.2, -0.15) is 0 Å². The Morgan fingerprint density at radius 3 is 0.778 bits per heavy atom. The Hall–Kier alpha value is -3.64. The molecule has 81 heavy (non-hydrogen) atoms. The average molecular weight is 1200 g/mol. The Morgan fingerprint density at radius 2 is 0.543 bits per heavy atom. The van der Waals surface area contributed by atoms with Crippen molar-refractivity contribution in [3.05, 3.63) is 107 Å². The third-order valence-electron chi connectivity index (χ3n) is 13.1. The van der Waals surface area contributed by atoms with Gasteiger partial charge in [-0.05, 0) is 113 Å². The average Bonchev–Trinajstić information content (AvgIpc) is 3.46. The van der Waals surface area contributed by atoms with Gasteiger partial charge in [0, 0.05) is 0 Å². The summed E-state index contributed by atoms with van der Waals surface area (Å²) in [6, 6.07) is 6.02. The second-order valence-corrected chi connectivity index (χ2v) is 22.9. The largest absolute Gasteiger partial charge is 2.00 e. The van der Waals surface area contributed by atoms with Crippen LogP contribution in [0, 0.1) is 0 Å². The van der Waals surface area contributed by atoms with Crippen LogP contribution >= 0.6 is 0 Å². The fourth-order valence-electron chi connectivity index (χ4n) is 8.35. The molecule has 0 aliphatic carbocycles. The van der Waals surface area contributed by atoms with Crippen molar-refractivity contribution in [2.24, 2.45) is 0 Å². The molecule has 0 aliphatic heterocycles. The molecule has 14 nitrogen and oxygen atoms in total. The number of esters is 4. The monoisotopic (exact) mass is 1190 g/mol. The molecule has 0 radical (unpaired) electrons. The molecule has 0 aromatic heterocycles. The Bertz CT molecular complexity index is 2200. The molecule has 0 saturated carbocycles. The van der Waals surface area contributed by atoms with E-state index in [4.69, 9.17) is 18.9 Å². The maximum atomic E-state index is 12.7. The van der Waals surface area contributed by atoms with E-state index in [0.29, 0.717) is 25.7 Å². The standard InChI is InChI=1S/2C32H50O7S.Ca/c2*1-3-5-7-9-11-13-15-17-19-21-25-38-31(33)29-24-23-28(40(35,36)37)27-30(29)32(34)39-26-22-20-18-16-14-12-10-8-6-4-2;/h2*17-20,23-24,27H,3-16,21-22,25-26H2,1-2H3,(H,35,36,37);/q;;+2/p-2/b2*19-17+,20-18+;. The molecule has 0 fully saturated rings. The van der Waals surface area contributed by atoms with Crippen molar-refractivity contribution in [2.75, 3.05) is 26.4 Å². The van der Waals surface area contributed by atoms with Gasteiger partial charge in [-0.25, -0.2) is 36.0 Å². The van der Waals surface area contributed by atoms with Gasteiger partial charge in [0.25, 0.3) is 0 Å². The van der Waals surface area contributed by atoms with Crippen LogP contribution in [-0.2, 0) is 39.2 Å². The molecule has 0 heterocycles. The molecular formula is C64H98CaO14S2. The number of rotatable bonds is 46. The van der Waals surface area contributed by atoms with E-state index in [-0.39, 0.29) is 86.4 Å². The minimum atomic E-state index is -4.82. The van der Waals surface area contributed by atoms with Gasteiger partial charge in [-0.15, -0.1) is 0 Å². The van der Waals surface area contributed by atoms with Crippen LogP contribution in [0.3, 0.4) is 0 Å². The predicted molar refractivity (Wildman–Crippen MR) is 323 cm³/mol. The smallest absolute Gasteiger partial charge is 0.744 e. The topological polar surface area (TPSA) is 220 Å². The molecule has 0 N–H and O–H groups in total. The van der Waals surface area contributed by atoms with Crippen molar-refractivity contribution in [1.29, 1.82) is 0 Å². The minimum absolute atomic E-state index is 0. The summed E-state index contributed by atoms with van der Waals surface area (Å²) < 4.78 is 90.1. The third-order valence-corrected chi connectivity index (χ3v) is 14.7. The Kier molecular flexibility index (Phi) is 48.6. The number of benzene rings is 2. The molecule has 0 unspecified atom stereocenters. The van der Waals surface area contributed by atoms with E-state index in [1.165, 1.54) is 128 Å². The summed E-state index contributed by atoms with van der Waals surface area (Å²) in [6.45, 7) is 9.16. The molecule has 0 atom stereocenters. The number of ether oxygens (including phenoxy) is 4. The van der Waals surface area contributed by atoms with E-state index in [1.54, 1.807) is 0 Å². The van der Waals surface area contributed by atoms with E-state index < -0.39 is 53.9 Å². The fourth-order valence-corrected chi connectivity index (χ4v) is 9.35. The Labute approximate surface area is 518 Å². The maximum absolute atomic E-state index is 12.7.